The average molecular weight is 327 g/mol. The van der Waals surface area contributed by atoms with Gasteiger partial charge < -0.3 is 10.2 Å². The second-order valence-electron chi connectivity index (χ2n) is 5.77. The minimum atomic E-state index is 0.181. The average Bonchev–Trinajstić information content (AvgIpc) is 3.01. The molecule has 0 saturated carbocycles. The number of nitrogens with zero attached hydrogens (tertiary/aromatic N) is 2. The van der Waals surface area contributed by atoms with Crippen molar-refractivity contribution < 1.29 is 4.42 Å². The van der Waals surface area contributed by atoms with E-state index in [1.165, 1.54) is 0 Å². The molecule has 4 nitrogen and oxygen atoms in total. The standard InChI is InChI=1S/C21H17N3O/c1-3-13(4-2)16-9-10-23-18-7-5-14(11-17(16)18)15-6-8-20-19(12-15)24-21(22)25-20/h3-12H,1H2,2H3,(H2,22,24). The van der Waals surface area contributed by atoms with Crippen molar-refractivity contribution in [3.8, 4) is 11.1 Å². The third-order valence-corrected chi connectivity index (χ3v) is 4.32. The highest BCUT2D eigenvalue weighted by Crippen LogP contribution is 2.31. The van der Waals surface area contributed by atoms with Gasteiger partial charge in [0, 0.05) is 11.6 Å². The number of oxazole rings is 1. The van der Waals surface area contributed by atoms with Crippen LogP contribution in [-0.4, -0.2) is 9.97 Å². The van der Waals surface area contributed by atoms with Gasteiger partial charge in [-0.2, -0.15) is 4.98 Å². The highest BCUT2D eigenvalue weighted by atomic mass is 16.4. The van der Waals surface area contributed by atoms with E-state index in [0.29, 0.717) is 5.58 Å². The van der Waals surface area contributed by atoms with E-state index in [1.807, 2.05) is 49.5 Å². The van der Waals surface area contributed by atoms with Crippen LogP contribution in [0, 0.1) is 0 Å². The Morgan fingerprint density at radius 2 is 1.88 bits per heavy atom. The van der Waals surface area contributed by atoms with Gasteiger partial charge in [-0.1, -0.05) is 30.9 Å². The fourth-order valence-electron chi connectivity index (χ4n) is 3.09. The van der Waals surface area contributed by atoms with Crippen LogP contribution in [-0.2, 0) is 0 Å². The maximum absolute atomic E-state index is 5.64. The quantitative estimate of drug-likeness (QED) is 0.524. The maximum Gasteiger partial charge on any atom is 0.292 e. The van der Waals surface area contributed by atoms with Gasteiger partial charge in [-0.05, 0) is 59.5 Å². The molecule has 4 aromatic rings. The van der Waals surface area contributed by atoms with E-state index in [2.05, 4.69) is 34.8 Å². The molecule has 2 aromatic carbocycles. The second kappa shape index (κ2) is 5.91. The molecule has 25 heavy (non-hydrogen) atoms. The third kappa shape index (κ3) is 2.58. The molecule has 0 aliphatic rings. The van der Waals surface area contributed by atoms with Gasteiger partial charge in [0.05, 0.1) is 5.52 Å². The van der Waals surface area contributed by atoms with Crippen molar-refractivity contribution in [1.29, 1.82) is 0 Å². The number of rotatable bonds is 3. The molecule has 0 amide bonds. The largest absolute Gasteiger partial charge is 0.424 e. The Bertz CT molecular complexity index is 1140. The van der Waals surface area contributed by atoms with Crippen LogP contribution < -0.4 is 5.73 Å². The van der Waals surface area contributed by atoms with Crippen LogP contribution in [0.15, 0.2) is 71.8 Å². The SMILES string of the molecule is C=CC(=CC)c1ccnc2ccc(-c3ccc4oc(N)nc4c3)cc12. The Hall–Kier alpha value is -3.40. The first-order valence-corrected chi connectivity index (χ1v) is 8.04. The number of nitrogens with two attached hydrogens (primary N) is 1. The molecule has 0 aliphatic heterocycles. The maximum atomic E-state index is 5.64. The van der Waals surface area contributed by atoms with Crippen molar-refractivity contribution in [3.63, 3.8) is 0 Å². The van der Waals surface area contributed by atoms with Crippen LogP contribution in [0.1, 0.15) is 12.5 Å². The van der Waals surface area contributed by atoms with Crippen molar-refractivity contribution in [1.82, 2.24) is 9.97 Å². The van der Waals surface area contributed by atoms with Gasteiger partial charge in [-0.3, -0.25) is 4.98 Å². The topological polar surface area (TPSA) is 64.9 Å². The van der Waals surface area contributed by atoms with Gasteiger partial charge >= 0.3 is 0 Å². The molecular formula is C21H17N3O. The van der Waals surface area contributed by atoms with E-state index in [1.54, 1.807) is 0 Å². The van der Waals surface area contributed by atoms with E-state index in [-0.39, 0.29) is 6.01 Å². The molecule has 0 bridgehead atoms. The summed E-state index contributed by atoms with van der Waals surface area (Å²) in [6.45, 7) is 5.92. The fourth-order valence-corrected chi connectivity index (χ4v) is 3.09. The van der Waals surface area contributed by atoms with E-state index in [9.17, 15) is 0 Å². The van der Waals surface area contributed by atoms with Crippen molar-refractivity contribution >= 4 is 33.6 Å². The molecule has 2 heterocycles. The summed E-state index contributed by atoms with van der Waals surface area (Å²) in [5, 5.41) is 1.09. The van der Waals surface area contributed by atoms with Gasteiger partial charge in [-0.15, -0.1) is 0 Å². The van der Waals surface area contributed by atoms with Gasteiger partial charge in [0.15, 0.2) is 5.58 Å². The summed E-state index contributed by atoms with van der Waals surface area (Å²) in [5.74, 6) is 0. The predicted molar refractivity (Wildman–Crippen MR) is 103 cm³/mol. The van der Waals surface area contributed by atoms with Gasteiger partial charge in [0.25, 0.3) is 6.01 Å². The molecule has 4 heteroatoms. The van der Waals surface area contributed by atoms with Crippen LogP contribution in [0.2, 0.25) is 0 Å². The molecule has 0 radical (unpaired) electrons. The lowest BCUT2D eigenvalue weighted by atomic mass is 9.97. The van der Waals surface area contributed by atoms with Crippen molar-refractivity contribution in [2.75, 3.05) is 5.73 Å². The summed E-state index contributed by atoms with van der Waals surface area (Å²) in [7, 11) is 0. The zero-order valence-electron chi connectivity index (χ0n) is 13.9. The number of benzene rings is 2. The number of allylic oxidation sites excluding steroid dienone is 3. The number of hydrogen-bond acceptors (Lipinski definition) is 4. The molecule has 2 N–H and O–H groups in total. The lowest BCUT2D eigenvalue weighted by Gasteiger charge is -2.09. The predicted octanol–water partition coefficient (Wildman–Crippen LogP) is 5.21. The van der Waals surface area contributed by atoms with Crippen LogP contribution in [0.5, 0.6) is 0 Å². The lowest BCUT2D eigenvalue weighted by Crippen LogP contribution is -1.88. The highest BCUT2D eigenvalue weighted by molar-refractivity contribution is 5.96. The second-order valence-corrected chi connectivity index (χ2v) is 5.77. The first-order chi connectivity index (χ1) is 12.2. The summed E-state index contributed by atoms with van der Waals surface area (Å²) in [5.41, 5.74) is 12.4. The van der Waals surface area contributed by atoms with Crippen LogP contribution in [0.3, 0.4) is 0 Å². The first-order valence-electron chi connectivity index (χ1n) is 8.04. The lowest BCUT2D eigenvalue weighted by molar-refractivity contribution is 0.626. The van der Waals surface area contributed by atoms with Crippen molar-refractivity contribution in [2.45, 2.75) is 6.92 Å². The van der Waals surface area contributed by atoms with Gasteiger partial charge in [0.2, 0.25) is 0 Å². The summed E-state index contributed by atoms with van der Waals surface area (Å²) in [6.07, 6.45) is 5.75. The van der Waals surface area contributed by atoms with Crippen LogP contribution in [0.4, 0.5) is 6.01 Å². The van der Waals surface area contributed by atoms with E-state index >= 15 is 0 Å². The molecule has 122 valence electrons. The summed E-state index contributed by atoms with van der Waals surface area (Å²) in [6, 6.07) is 14.3. The normalized spacial score (nSPS) is 12.0. The number of fused-ring (bicyclic) bond motifs is 2. The minimum Gasteiger partial charge on any atom is -0.424 e. The molecular weight excluding hydrogens is 310 g/mol. The molecule has 0 spiro atoms. The Labute approximate surface area is 145 Å². The first kappa shape index (κ1) is 15.1. The molecule has 0 fully saturated rings. The fraction of sp³-hybridized carbons (Fsp3) is 0.0476. The molecule has 0 unspecified atom stereocenters. The van der Waals surface area contributed by atoms with Gasteiger partial charge in [0.1, 0.15) is 5.52 Å². The molecule has 2 aromatic heterocycles. The smallest absolute Gasteiger partial charge is 0.292 e. The number of nitrogen functional groups attached to an aromatic ring is 1. The molecule has 4 rings (SSSR count). The Balaban J connectivity index is 1.92. The summed E-state index contributed by atoms with van der Waals surface area (Å²) in [4.78, 5) is 8.69. The zero-order valence-corrected chi connectivity index (χ0v) is 13.9. The molecule has 0 aliphatic carbocycles. The summed E-state index contributed by atoms with van der Waals surface area (Å²) >= 11 is 0. The van der Waals surface area contributed by atoms with E-state index < -0.39 is 0 Å². The van der Waals surface area contributed by atoms with E-state index in [0.717, 1.165) is 38.7 Å². The van der Waals surface area contributed by atoms with Crippen LogP contribution in [0.25, 0.3) is 38.7 Å². The number of pyridine rings is 1. The molecule has 0 atom stereocenters. The van der Waals surface area contributed by atoms with Crippen LogP contribution >= 0.6 is 0 Å². The van der Waals surface area contributed by atoms with Crippen molar-refractivity contribution in [3.05, 3.63) is 73.0 Å². The monoisotopic (exact) mass is 327 g/mol. The zero-order chi connectivity index (χ0) is 17.4. The van der Waals surface area contributed by atoms with Crippen molar-refractivity contribution in [2.24, 2.45) is 0 Å². The number of anilines is 1. The Kier molecular flexibility index (Phi) is 3.58. The van der Waals surface area contributed by atoms with E-state index in [4.69, 9.17) is 10.2 Å². The molecule has 0 saturated heterocycles. The van der Waals surface area contributed by atoms with Gasteiger partial charge in [-0.25, -0.2) is 0 Å². The minimum absolute atomic E-state index is 0.181. The Morgan fingerprint density at radius 1 is 1.08 bits per heavy atom. The highest BCUT2D eigenvalue weighted by Gasteiger charge is 2.09. The Morgan fingerprint density at radius 3 is 2.68 bits per heavy atom. The number of aromatic nitrogens is 2. The number of hydrogen-bond donors (Lipinski definition) is 1. The summed E-state index contributed by atoms with van der Waals surface area (Å²) < 4.78 is 5.35. The third-order valence-electron chi connectivity index (χ3n) is 4.32.